The molecule has 6 nitrogen and oxygen atoms in total. The summed E-state index contributed by atoms with van der Waals surface area (Å²) in [4.78, 5) is 31.0. The molecule has 0 spiro atoms. The Morgan fingerprint density at radius 2 is 1.87 bits per heavy atom. The number of nitrogens with zero attached hydrogens (tertiary/aromatic N) is 1. The van der Waals surface area contributed by atoms with Crippen molar-refractivity contribution < 1.29 is 14.3 Å². The monoisotopic (exact) mass is 487 g/mol. The van der Waals surface area contributed by atoms with Crippen LogP contribution in [-0.2, 0) is 22.4 Å². The number of carbonyl (C=O) groups is 2. The summed E-state index contributed by atoms with van der Waals surface area (Å²) in [5.74, 6) is -0.0602. The average molecular weight is 488 g/mol. The van der Waals surface area contributed by atoms with Gasteiger partial charge in [0.25, 0.3) is 0 Å². The number of methoxy groups -OCH3 is 1. The van der Waals surface area contributed by atoms with Crippen molar-refractivity contribution in [2.45, 2.75) is 58.0 Å². The van der Waals surface area contributed by atoms with Gasteiger partial charge in [-0.1, -0.05) is 41.9 Å². The number of nitrogens with one attached hydrogen (secondary N) is 2. The van der Waals surface area contributed by atoms with Crippen molar-refractivity contribution in [3.8, 4) is 11.3 Å². The number of aromatic amines is 1. The molecule has 1 aliphatic carbocycles. The summed E-state index contributed by atoms with van der Waals surface area (Å²) in [6.45, 7) is 4.60. The van der Waals surface area contributed by atoms with Crippen LogP contribution in [0, 0.1) is 5.92 Å². The first-order chi connectivity index (χ1) is 14.9. The molecule has 166 valence electrons. The van der Waals surface area contributed by atoms with E-state index in [1.165, 1.54) is 35.2 Å². The lowest BCUT2D eigenvalue weighted by molar-refractivity contribution is -0.135. The first-order valence-electron chi connectivity index (χ1n) is 11.0. The Morgan fingerprint density at radius 1 is 1.16 bits per heavy atom. The lowest BCUT2D eigenvalue weighted by Gasteiger charge is -2.31. The minimum Gasteiger partial charge on any atom is -0.453 e. The van der Waals surface area contributed by atoms with Crippen molar-refractivity contribution in [3.05, 3.63) is 45.6 Å². The fourth-order valence-corrected chi connectivity index (χ4v) is 5.22. The van der Waals surface area contributed by atoms with Gasteiger partial charge >= 0.3 is 6.09 Å². The molecule has 2 atom stereocenters. The maximum Gasteiger partial charge on any atom is 0.407 e. The fraction of sp³-hybridized carbons (Fsp3) is 0.500. The molecule has 1 fully saturated rings. The van der Waals surface area contributed by atoms with Gasteiger partial charge in [0.15, 0.2) is 0 Å². The average Bonchev–Trinajstić information content (AvgIpc) is 3.48. The number of benzene rings is 1. The molecule has 1 saturated heterocycles. The van der Waals surface area contributed by atoms with E-state index in [0.29, 0.717) is 6.54 Å². The third kappa shape index (κ3) is 4.25. The zero-order valence-electron chi connectivity index (χ0n) is 18.3. The molecule has 0 saturated carbocycles. The zero-order valence-corrected chi connectivity index (χ0v) is 19.9. The van der Waals surface area contributed by atoms with E-state index in [2.05, 4.69) is 50.5 Å². The minimum atomic E-state index is -0.595. The highest BCUT2D eigenvalue weighted by atomic mass is 79.9. The van der Waals surface area contributed by atoms with Crippen molar-refractivity contribution in [2.24, 2.45) is 5.92 Å². The summed E-state index contributed by atoms with van der Waals surface area (Å²) in [6, 6.07) is 7.81. The molecule has 2 amide bonds. The second-order valence-corrected chi connectivity index (χ2v) is 9.69. The van der Waals surface area contributed by atoms with Crippen LogP contribution in [0.25, 0.3) is 11.3 Å². The maximum atomic E-state index is 13.5. The van der Waals surface area contributed by atoms with Gasteiger partial charge in [-0.05, 0) is 66.8 Å². The molecular weight excluding hydrogens is 458 g/mol. The fourth-order valence-electron chi connectivity index (χ4n) is 4.96. The van der Waals surface area contributed by atoms with E-state index in [1.807, 2.05) is 18.7 Å². The summed E-state index contributed by atoms with van der Waals surface area (Å²) in [7, 11) is 1.32. The summed E-state index contributed by atoms with van der Waals surface area (Å²) in [6.07, 6.45) is 4.58. The lowest BCUT2D eigenvalue weighted by atomic mass is 10.0. The number of carbonyl (C=O) groups excluding carboxylic acids is 2. The number of hydrogen-bond donors (Lipinski definition) is 2. The second-order valence-electron chi connectivity index (χ2n) is 8.78. The molecule has 31 heavy (non-hydrogen) atoms. The van der Waals surface area contributed by atoms with Gasteiger partial charge in [0.2, 0.25) is 5.91 Å². The van der Waals surface area contributed by atoms with Crippen LogP contribution in [0.3, 0.4) is 0 Å². The molecular formula is C24H30BrN3O3. The predicted octanol–water partition coefficient (Wildman–Crippen LogP) is 4.98. The maximum absolute atomic E-state index is 13.5. The van der Waals surface area contributed by atoms with Crippen LogP contribution in [0.2, 0.25) is 0 Å². The zero-order chi connectivity index (χ0) is 22.1. The van der Waals surface area contributed by atoms with E-state index >= 15 is 0 Å². The predicted molar refractivity (Wildman–Crippen MR) is 124 cm³/mol. The number of hydrogen-bond acceptors (Lipinski definition) is 3. The third-order valence-electron chi connectivity index (χ3n) is 6.50. The van der Waals surface area contributed by atoms with Gasteiger partial charge in [-0.2, -0.15) is 0 Å². The largest absolute Gasteiger partial charge is 0.453 e. The Balaban J connectivity index is 1.66. The highest BCUT2D eigenvalue weighted by molar-refractivity contribution is 9.10. The van der Waals surface area contributed by atoms with Crippen molar-refractivity contribution in [3.63, 3.8) is 0 Å². The van der Waals surface area contributed by atoms with Gasteiger partial charge in [-0.3, -0.25) is 4.79 Å². The second kappa shape index (κ2) is 9.07. The van der Waals surface area contributed by atoms with E-state index in [9.17, 15) is 9.59 Å². The Labute approximate surface area is 191 Å². The van der Waals surface area contributed by atoms with Crippen LogP contribution < -0.4 is 5.32 Å². The normalized spacial score (nSPS) is 18.9. The van der Waals surface area contributed by atoms with E-state index < -0.39 is 12.1 Å². The van der Waals surface area contributed by atoms with Gasteiger partial charge in [0.05, 0.1) is 13.2 Å². The number of aromatic nitrogens is 1. The number of ether oxygens (including phenoxy) is 1. The molecule has 0 bridgehead atoms. The molecule has 4 rings (SSSR count). The van der Waals surface area contributed by atoms with Crippen molar-refractivity contribution in [1.29, 1.82) is 0 Å². The Bertz CT molecular complexity index is 967. The Morgan fingerprint density at radius 3 is 2.55 bits per heavy atom. The first-order valence-corrected chi connectivity index (χ1v) is 11.8. The van der Waals surface area contributed by atoms with Gasteiger partial charge in [0.1, 0.15) is 6.04 Å². The van der Waals surface area contributed by atoms with Crippen LogP contribution in [0.4, 0.5) is 4.79 Å². The molecule has 2 aliphatic rings. The summed E-state index contributed by atoms with van der Waals surface area (Å²) < 4.78 is 5.81. The molecule has 1 aromatic carbocycles. The quantitative estimate of drug-likeness (QED) is 0.624. The van der Waals surface area contributed by atoms with E-state index in [-0.39, 0.29) is 17.9 Å². The Hall–Kier alpha value is -2.28. The van der Waals surface area contributed by atoms with Gasteiger partial charge in [-0.25, -0.2) is 4.79 Å². The molecule has 2 N–H and O–H groups in total. The number of alkyl carbamates (subject to hydrolysis) is 1. The number of rotatable bonds is 5. The lowest BCUT2D eigenvalue weighted by Crippen LogP contribution is -2.51. The van der Waals surface area contributed by atoms with Crippen molar-refractivity contribution in [1.82, 2.24) is 15.2 Å². The molecule has 1 aliphatic heterocycles. The molecule has 1 unspecified atom stereocenters. The van der Waals surface area contributed by atoms with E-state index in [0.717, 1.165) is 36.6 Å². The molecule has 2 heterocycles. The summed E-state index contributed by atoms with van der Waals surface area (Å²) in [5.41, 5.74) is 6.31. The summed E-state index contributed by atoms with van der Waals surface area (Å²) in [5, 5.41) is 2.74. The standard InChI is InChI=1S/C24H30BrN3O3/c1-14(2)20(27-24(30)31-3)23(29)28-13-5-8-19(28)22-18-7-4-6-17(18)21(26-22)15-9-11-16(25)12-10-15/h9-12,14,19-20,26H,4-8,13H2,1-3H3,(H,27,30)/t19?,20-/m0/s1. The topological polar surface area (TPSA) is 74.4 Å². The number of likely N-dealkylation sites (tertiary alicyclic amines) is 1. The van der Waals surface area contributed by atoms with Gasteiger partial charge in [-0.15, -0.1) is 0 Å². The van der Waals surface area contributed by atoms with E-state index in [1.54, 1.807) is 0 Å². The highest BCUT2D eigenvalue weighted by Crippen LogP contribution is 2.42. The van der Waals surface area contributed by atoms with Crippen LogP contribution in [0.5, 0.6) is 0 Å². The van der Waals surface area contributed by atoms with Crippen molar-refractivity contribution >= 4 is 27.9 Å². The molecule has 2 aromatic rings. The number of halogens is 1. The summed E-state index contributed by atoms with van der Waals surface area (Å²) >= 11 is 3.52. The Kier molecular flexibility index (Phi) is 6.42. The minimum absolute atomic E-state index is 0.0178. The van der Waals surface area contributed by atoms with Crippen molar-refractivity contribution in [2.75, 3.05) is 13.7 Å². The van der Waals surface area contributed by atoms with Crippen LogP contribution in [0.1, 0.15) is 56.0 Å². The first kappa shape index (κ1) is 21.9. The molecule has 0 radical (unpaired) electrons. The van der Waals surface area contributed by atoms with Crippen LogP contribution >= 0.6 is 15.9 Å². The van der Waals surface area contributed by atoms with E-state index in [4.69, 9.17) is 4.74 Å². The molecule has 1 aromatic heterocycles. The SMILES string of the molecule is COC(=O)N[C@H](C(=O)N1CCCC1c1[nH]c(-c2ccc(Br)cc2)c2c1CCC2)C(C)C. The smallest absolute Gasteiger partial charge is 0.407 e. The van der Waals surface area contributed by atoms with Crippen LogP contribution in [0.15, 0.2) is 28.7 Å². The third-order valence-corrected chi connectivity index (χ3v) is 7.03. The molecule has 7 heteroatoms. The number of H-pyrrole nitrogens is 1. The van der Waals surface area contributed by atoms with Crippen LogP contribution in [-0.4, -0.2) is 41.6 Å². The number of amides is 2. The number of fused-ring (bicyclic) bond motifs is 1. The highest BCUT2D eigenvalue weighted by Gasteiger charge is 2.39. The van der Waals surface area contributed by atoms with Gasteiger partial charge in [0, 0.05) is 22.4 Å². The van der Waals surface area contributed by atoms with Gasteiger partial charge < -0.3 is 19.9 Å².